The zero-order chi connectivity index (χ0) is 18.3. The highest BCUT2D eigenvalue weighted by molar-refractivity contribution is 5.71. The molecule has 2 aliphatic rings. The van der Waals surface area contributed by atoms with Crippen molar-refractivity contribution in [3.05, 3.63) is 29.8 Å². The molecule has 26 heavy (non-hydrogen) atoms. The number of ether oxygens (including phenoxy) is 1. The van der Waals surface area contributed by atoms with Crippen molar-refractivity contribution < 1.29 is 4.74 Å². The topological polar surface area (TPSA) is 140 Å². The maximum absolute atomic E-state index is 6.00. The quantitative estimate of drug-likeness (QED) is 0.520. The Kier molecular flexibility index (Phi) is 4.37. The monoisotopic (exact) mass is 356 g/mol. The summed E-state index contributed by atoms with van der Waals surface area (Å²) in [6.07, 6.45) is -0.227. The molecule has 2 aromatic rings. The van der Waals surface area contributed by atoms with Gasteiger partial charge >= 0.3 is 0 Å². The summed E-state index contributed by atoms with van der Waals surface area (Å²) in [6, 6.07) is 8.12. The van der Waals surface area contributed by atoms with Crippen molar-refractivity contribution in [3.63, 3.8) is 0 Å². The van der Waals surface area contributed by atoms with Gasteiger partial charge in [0.15, 0.2) is 0 Å². The summed E-state index contributed by atoms with van der Waals surface area (Å²) < 4.78 is 5.73. The lowest BCUT2D eigenvalue weighted by molar-refractivity contribution is 0.0280. The van der Waals surface area contributed by atoms with E-state index >= 15 is 0 Å². The second kappa shape index (κ2) is 6.69. The van der Waals surface area contributed by atoms with Gasteiger partial charge in [-0.05, 0) is 13.0 Å². The molecular formula is C17H24N8O. The number of nitrogens with one attached hydrogen (secondary N) is 2. The lowest BCUT2D eigenvalue weighted by atomic mass is 10.1. The molecule has 0 saturated carbocycles. The van der Waals surface area contributed by atoms with E-state index in [-0.39, 0.29) is 24.3 Å². The van der Waals surface area contributed by atoms with Gasteiger partial charge < -0.3 is 32.3 Å². The number of hydrogen-bond acceptors (Lipinski definition) is 9. The Bertz CT molecular complexity index is 813. The van der Waals surface area contributed by atoms with Gasteiger partial charge in [0.25, 0.3) is 0 Å². The predicted molar refractivity (Wildman–Crippen MR) is 101 cm³/mol. The van der Waals surface area contributed by atoms with Crippen molar-refractivity contribution in [1.82, 2.24) is 15.4 Å². The number of hydrazine groups is 1. The molecule has 4 rings (SSSR count). The van der Waals surface area contributed by atoms with E-state index in [4.69, 9.17) is 21.9 Å². The molecule has 9 nitrogen and oxygen atoms in total. The van der Waals surface area contributed by atoms with E-state index in [1.54, 1.807) is 0 Å². The van der Waals surface area contributed by atoms with Crippen LogP contribution in [0.15, 0.2) is 24.3 Å². The van der Waals surface area contributed by atoms with Crippen LogP contribution >= 0.6 is 0 Å². The average Bonchev–Trinajstić information content (AvgIpc) is 3.02. The first-order chi connectivity index (χ1) is 12.5. The number of fused-ring (bicyclic) bond motifs is 1. The summed E-state index contributed by atoms with van der Waals surface area (Å²) in [5, 5.41) is 0. The maximum Gasteiger partial charge on any atom is 0.222 e. The van der Waals surface area contributed by atoms with Crippen LogP contribution in [0.4, 0.5) is 17.5 Å². The van der Waals surface area contributed by atoms with Gasteiger partial charge in [-0.1, -0.05) is 12.1 Å². The van der Waals surface area contributed by atoms with Crippen molar-refractivity contribution in [2.24, 2.45) is 11.5 Å². The van der Waals surface area contributed by atoms with Crippen molar-refractivity contribution in [2.75, 3.05) is 35.8 Å². The molecular weight excluding hydrogens is 332 g/mol. The third kappa shape index (κ3) is 3.06. The molecule has 3 atom stereocenters. The zero-order valence-electron chi connectivity index (χ0n) is 14.6. The minimum atomic E-state index is -0.215. The lowest BCUT2D eigenvalue weighted by Crippen LogP contribution is -2.51. The van der Waals surface area contributed by atoms with Crippen molar-refractivity contribution >= 4 is 17.5 Å². The van der Waals surface area contributed by atoms with Crippen LogP contribution in [0.1, 0.15) is 18.7 Å². The smallest absolute Gasteiger partial charge is 0.222 e. The Morgan fingerprint density at radius 3 is 2.96 bits per heavy atom. The second-order valence-corrected chi connectivity index (χ2v) is 6.71. The van der Waals surface area contributed by atoms with Gasteiger partial charge in [0.1, 0.15) is 12.0 Å². The summed E-state index contributed by atoms with van der Waals surface area (Å²) in [5.74, 6) is 1.02. The maximum atomic E-state index is 6.00. The van der Waals surface area contributed by atoms with Crippen molar-refractivity contribution in [1.29, 1.82) is 0 Å². The minimum Gasteiger partial charge on any atom is -0.373 e. The Labute approximate surface area is 151 Å². The Morgan fingerprint density at radius 2 is 2.15 bits per heavy atom. The number of morpholine rings is 1. The largest absolute Gasteiger partial charge is 0.373 e. The van der Waals surface area contributed by atoms with Crippen LogP contribution in [0.5, 0.6) is 0 Å². The number of rotatable bonds is 3. The number of nitrogens with two attached hydrogens (primary N) is 3. The van der Waals surface area contributed by atoms with E-state index in [1.165, 1.54) is 0 Å². The summed E-state index contributed by atoms with van der Waals surface area (Å²) in [6.45, 7) is 3.85. The zero-order valence-corrected chi connectivity index (χ0v) is 14.6. The van der Waals surface area contributed by atoms with Gasteiger partial charge in [-0.3, -0.25) is 0 Å². The lowest BCUT2D eigenvalue weighted by Gasteiger charge is -2.38. The first-order valence-electron chi connectivity index (χ1n) is 8.69. The summed E-state index contributed by atoms with van der Waals surface area (Å²) in [4.78, 5) is 11.0. The van der Waals surface area contributed by atoms with E-state index in [0.29, 0.717) is 19.7 Å². The van der Waals surface area contributed by atoms with Crippen LogP contribution in [0.3, 0.4) is 0 Å². The van der Waals surface area contributed by atoms with Gasteiger partial charge in [-0.15, -0.1) is 0 Å². The molecule has 9 heteroatoms. The molecule has 2 aliphatic heterocycles. The van der Waals surface area contributed by atoms with Gasteiger partial charge in [-0.2, -0.15) is 4.98 Å². The van der Waals surface area contributed by atoms with Gasteiger partial charge in [0.05, 0.1) is 30.1 Å². The summed E-state index contributed by atoms with van der Waals surface area (Å²) in [7, 11) is 0. The molecule has 138 valence electrons. The van der Waals surface area contributed by atoms with E-state index < -0.39 is 0 Å². The molecule has 1 aromatic carbocycles. The second-order valence-electron chi connectivity index (χ2n) is 6.71. The van der Waals surface area contributed by atoms with Crippen LogP contribution in [0, 0.1) is 0 Å². The molecule has 0 radical (unpaired) electrons. The van der Waals surface area contributed by atoms with E-state index in [9.17, 15) is 0 Å². The van der Waals surface area contributed by atoms with Crippen LogP contribution in [0.2, 0.25) is 0 Å². The molecule has 1 aromatic heterocycles. The van der Waals surface area contributed by atoms with Crippen LogP contribution in [-0.2, 0) is 4.74 Å². The number of benzene rings is 1. The van der Waals surface area contributed by atoms with Crippen LogP contribution in [0.25, 0.3) is 11.3 Å². The highest BCUT2D eigenvalue weighted by atomic mass is 16.5. The molecule has 0 amide bonds. The molecule has 1 saturated heterocycles. The standard InChI is InChI=1S/C17H24N8O/c1-9-8-26-11(6-18)7-25(9)15-5-13(21-17(20)22-15)10-2-3-12-14(4-10)23-24-16(12)19/h2-5,9,11,16,23-24H,6-8,18-19H2,1H3,(H2,20,21,22)/t9-,11-,16?/m1/s1. The fourth-order valence-electron chi connectivity index (χ4n) is 3.36. The first-order valence-corrected chi connectivity index (χ1v) is 8.69. The number of hydrogen-bond donors (Lipinski definition) is 5. The normalized spacial score (nSPS) is 25.0. The summed E-state index contributed by atoms with van der Waals surface area (Å²) >= 11 is 0. The number of nitrogens with zero attached hydrogens (tertiary/aromatic N) is 3. The summed E-state index contributed by atoms with van der Waals surface area (Å²) in [5.41, 5.74) is 27.5. The van der Waals surface area contributed by atoms with Crippen LogP contribution in [-0.4, -0.2) is 41.8 Å². The molecule has 0 spiro atoms. The number of nitrogen functional groups attached to an aromatic ring is 1. The minimum absolute atomic E-state index is 0.0115. The van der Waals surface area contributed by atoms with E-state index in [1.807, 2.05) is 24.3 Å². The molecule has 1 fully saturated rings. The number of aromatic nitrogens is 2. The third-order valence-electron chi connectivity index (χ3n) is 4.84. The first kappa shape index (κ1) is 17.0. The third-order valence-corrected chi connectivity index (χ3v) is 4.84. The van der Waals surface area contributed by atoms with Crippen LogP contribution < -0.4 is 33.0 Å². The predicted octanol–water partition coefficient (Wildman–Crippen LogP) is 0.166. The molecule has 3 heterocycles. The van der Waals surface area contributed by atoms with Gasteiger partial charge in [0.2, 0.25) is 5.95 Å². The molecule has 1 unspecified atom stereocenters. The van der Waals surface area contributed by atoms with Crippen molar-refractivity contribution in [3.8, 4) is 11.3 Å². The number of anilines is 3. The van der Waals surface area contributed by atoms with Gasteiger partial charge in [-0.25, -0.2) is 10.4 Å². The molecule has 8 N–H and O–H groups in total. The highest BCUT2D eigenvalue weighted by Gasteiger charge is 2.27. The fraction of sp³-hybridized carbons (Fsp3) is 0.412. The Morgan fingerprint density at radius 1 is 1.31 bits per heavy atom. The Hall–Kier alpha value is -2.46. The van der Waals surface area contributed by atoms with E-state index in [0.717, 1.165) is 28.3 Å². The van der Waals surface area contributed by atoms with E-state index in [2.05, 4.69) is 32.6 Å². The van der Waals surface area contributed by atoms with Crippen molar-refractivity contribution in [2.45, 2.75) is 25.2 Å². The Balaban J connectivity index is 1.68. The highest BCUT2D eigenvalue weighted by Crippen LogP contribution is 2.32. The molecule has 0 aliphatic carbocycles. The average molecular weight is 356 g/mol. The SMILES string of the molecule is C[C@@H]1CO[C@H](CN)CN1c1cc(-c2ccc3c(c2)NNC3N)nc(N)n1. The fourth-order valence-corrected chi connectivity index (χ4v) is 3.36. The van der Waals surface area contributed by atoms with Gasteiger partial charge in [0, 0.05) is 30.3 Å². The molecule has 0 bridgehead atoms.